The Balaban J connectivity index is 2.53. The van der Waals surface area contributed by atoms with Crippen LogP contribution in [0.1, 0.15) is 5.69 Å². The molecule has 0 aliphatic carbocycles. The molecule has 0 saturated heterocycles. The lowest BCUT2D eigenvalue weighted by Gasteiger charge is -2.18. The molecule has 1 aromatic rings. The van der Waals surface area contributed by atoms with E-state index in [0.717, 1.165) is 0 Å². The summed E-state index contributed by atoms with van der Waals surface area (Å²) in [7, 11) is 0. The summed E-state index contributed by atoms with van der Waals surface area (Å²) < 4.78 is 0. The molecule has 0 aromatic carbocycles. The summed E-state index contributed by atoms with van der Waals surface area (Å²) in [5, 5.41) is 35.5. The molecule has 1 aromatic heterocycles. The maximum Gasteiger partial charge on any atom is 0.180 e. The molecule has 78 valence electrons. The van der Waals surface area contributed by atoms with Crippen molar-refractivity contribution in [3.05, 3.63) is 24.3 Å². The largest absolute Gasteiger partial charge is 0.390 e. The first-order chi connectivity index (χ1) is 6.61. The van der Waals surface area contributed by atoms with Crippen molar-refractivity contribution in [1.82, 2.24) is 9.97 Å². The molecule has 2 atom stereocenters. The average Bonchev–Trinajstić information content (AvgIpc) is 2.18. The highest BCUT2D eigenvalue weighted by molar-refractivity contribution is 4.97. The minimum atomic E-state index is -1.96. The van der Waals surface area contributed by atoms with Gasteiger partial charge in [-0.05, 0) is 0 Å². The fraction of sp³-hybridized carbons (Fsp3) is 0.500. The first-order valence-corrected chi connectivity index (χ1v) is 4.08. The summed E-state index contributed by atoms with van der Waals surface area (Å²) in [5.41, 5.74) is 0.472. The van der Waals surface area contributed by atoms with Gasteiger partial charge in [0, 0.05) is 25.0 Å². The van der Waals surface area contributed by atoms with Crippen molar-refractivity contribution in [3.63, 3.8) is 0 Å². The lowest BCUT2D eigenvalue weighted by molar-refractivity contribution is -0.157. The molecule has 0 fully saturated rings. The predicted molar refractivity (Wildman–Crippen MR) is 46.0 cm³/mol. The number of nitrogens with zero attached hydrogens (tertiary/aromatic N) is 2. The van der Waals surface area contributed by atoms with Crippen LogP contribution in [0.4, 0.5) is 0 Å². The van der Waals surface area contributed by atoms with Gasteiger partial charge >= 0.3 is 0 Å². The van der Waals surface area contributed by atoms with E-state index in [1.54, 1.807) is 0 Å². The van der Waals surface area contributed by atoms with Crippen LogP contribution in [0.15, 0.2) is 18.6 Å². The Bertz CT molecular complexity index is 267. The molecule has 0 spiro atoms. The highest BCUT2D eigenvalue weighted by atomic mass is 16.5. The molecule has 0 aliphatic rings. The summed E-state index contributed by atoms with van der Waals surface area (Å²) in [4.78, 5) is 7.63. The quantitative estimate of drug-likeness (QED) is 0.421. The zero-order valence-electron chi connectivity index (χ0n) is 7.35. The standard InChI is InChI=1S/C8H12N2O4/c11-6(7(12)8(13)14)3-5-4-9-1-2-10-5/h1-2,4,6-8,11-14H,3H2. The van der Waals surface area contributed by atoms with Gasteiger partial charge in [0.05, 0.1) is 11.8 Å². The van der Waals surface area contributed by atoms with Crippen LogP contribution in [0.3, 0.4) is 0 Å². The fourth-order valence-electron chi connectivity index (χ4n) is 0.969. The lowest BCUT2D eigenvalue weighted by Crippen LogP contribution is -2.38. The van der Waals surface area contributed by atoms with E-state index in [4.69, 9.17) is 15.3 Å². The second-order valence-electron chi connectivity index (χ2n) is 2.87. The number of hydrogen-bond acceptors (Lipinski definition) is 6. The van der Waals surface area contributed by atoms with Gasteiger partial charge in [0.25, 0.3) is 0 Å². The van der Waals surface area contributed by atoms with Gasteiger partial charge in [-0.3, -0.25) is 9.97 Å². The SMILES string of the molecule is OC(O)C(O)C(O)Cc1cnccn1. The van der Waals surface area contributed by atoms with Gasteiger partial charge in [0.1, 0.15) is 6.10 Å². The van der Waals surface area contributed by atoms with Crippen molar-refractivity contribution < 1.29 is 20.4 Å². The molecular formula is C8H12N2O4. The van der Waals surface area contributed by atoms with Gasteiger partial charge in [-0.1, -0.05) is 0 Å². The maximum absolute atomic E-state index is 9.30. The van der Waals surface area contributed by atoms with Crippen LogP contribution in [0, 0.1) is 0 Å². The van der Waals surface area contributed by atoms with Crippen molar-refractivity contribution in [2.45, 2.75) is 24.9 Å². The van der Waals surface area contributed by atoms with Crippen LogP contribution in [-0.2, 0) is 6.42 Å². The predicted octanol–water partition coefficient (Wildman–Crippen LogP) is -1.95. The number of rotatable bonds is 4. The third-order valence-corrected chi connectivity index (χ3v) is 1.73. The van der Waals surface area contributed by atoms with Crippen molar-refractivity contribution >= 4 is 0 Å². The average molecular weight is 200 g/mol. The van der Waals surface area contributed by atoms with Gasteiger partial charge in [0.2, 0.25) is 0 Å². The van der Waals surface area contributed by atoms with Crippen molar-refractivity contribution in [2.75, 3.05) is 0 Å². The number of aromatic nitrogens is 2. The Morgan fingerprint density at radius 1 is 1.14 bits per heavy atom. The molecule has 2 unspecified atom stereocenters. The molecule has 0 amide bonds. The Morgan fingerprint density at radius 2 is 1.86 bits per heavy atom. The van der Waals surface area contributed by atoms with E-state index in [-0.39, 0.29) is 6.42 Å². The Kier molecular flexibility index (Phi) is 3.90. The van der Waals surface area contributed by atoms with Crippen molar-refractivity contribution in [1.29, 1.82) is 0 Å². The van der Waals surface area contributed by atoms with Crippen LogP contribution in [0.25, 0.3) is 0 Å². The molecule has 0 saturated carbocycles. The van der Waals surface area contributed by atoms with Gasteiger partial charge in [-0.15, -0.1) is 0 Å². The van der Waals surface area contributed by atoms with Crippen LogP contribution < -0.4 is 0 Å². The van der Waals surface area contributed by atoms with Gasteiger partial charge in [-0.2, -0.15) is 0 Å². The first-order valence-electron chi connectivity index (χ1n) is 4.08. The zero-order chi connectivity index (χ0) is 10.6. The molecule has 4 N–H and O–H groups in total. The summed E-state index contributed by atoms with van der Waals surface area (Å²) in [6.07, 6.45) is -0.450. The van der Waals surface area contributed by atoms with E-state index in [2.05, 4.69) is 9.97 Å². The maximum atomic E-state index is 9.30. The van der Waals surface area contributed by atoms with Gasteiger partial charge < -0.3 is 20.4 Å². The third kappa shape index (κ3) is 3.00. The Labute approximate surface area is 80.5 Å². The topological polar surface area (TPSA) is 107 Å². The van der Waals surface area contributed by atoms with E-state index in [9.17, 15) is 5.11 Å². The number of aliphatic hydroxyl groups excluding tert-OH is 3. The van der Waals surface area contributed by atoms with Gasteiger partial charge in [0.15, 0.2) is 6.29 Å². The van der Waals surface area contributed by atoms with Crippen molar-refractivity contribution in [2.24, 2.45) is 0 Å². The first kappa shape index (κ1) is 11.0. The van der Waals surface area contributed by atoms with Crippen LogP contribution in [-0.4, -0.2) is 48.9 Å². The summed E-state index contributed by atoms with van der Waals surface area (Å²) in [6.45, 7) is 0. The molecule has 1 rings (SSSR count). The van der Waals surface area contributed by atoms with Gasteiger partial charge in [-0.25, -0.2) is 0 Å². The van der Waals surface area contributed by atoms with Crippen LogP contribution >= 0.6 is 0 Å². The minimum Gasteiger partial charge on any atom is -0.390 e. The summed E-state index contributed by atoms with van der Waals surface area (Å²) in [6, 6.07) is 0. The molecule has 6 heteroatoms. The number of hydrogen-bond donors (Lipinski definition) is 4. The highest BCUT2D eigenvalue weighted by Gasteiger charge is 2.23. The van der Waals surface area contributed by atoms with Crippen LogP contribution in [0.5, 0.6) is 0 Å². The second-order valence-corrected chi connectivity index (χ2v) is 2.87. The molecule has 1 heterocycles. The molecule has 0 bridgehead atoms. The van der Waals surface area contributed by atoms with E-state index >= 15 is 0 Å². The lowest BCUT2D eigenvalue weighted by atomic mass is 10.1. The molecule has 6 nitrogen and oxygen atoms in total. The highest BCUT2D eigenvalue weighted by Crippen LogP contribution is 2.04. The summed E-state index contributed by atoms with van der Waals surface area (Å²) >= 11 is 0. The Morgan fingerprint density at radius 3 is 2.36 bits per heavy atom. The number of aliphatic hydroxyl groups is 4. The molecular weight excluding hydrogens is 188 g/mol. The van der Waals surface area contributed by atoms with Crippen LogP contribution in [0.2, 0.25) is 0 Å². The monoisotopic (exact) mass is 200 g/mol. The molecule has 0 radical (unpaired) electrons. The smallest absolute Gasteiger partial charge is 0.180 e. The van der Waals surface area contributed by atoms with E-state index in [0.29, 0.717) is 5.69 Å². The van der Waals surface area contributed by atoms with E-state index in [1.807, 2.05) is 0 Å². The fourth-order valence-corrected chi connectivity index (χ4v) is 0.969. The summed E-state index contributed by atoms with van der Waals surface area (Å²) in [5.74, 6) is 0. The normalized spacial score (nSPS) is 15.5. The second kappa shape index (κ2) is 4.97. The van der Waals surface area contributed by atoms with E-state index in [1.165, 1.54) is 18.6 Å². The zero-order valence-corrected chi connectivity index (χ0v) is 7.35. The van der Waals surface area contributed by atoms with Crippen molar-refractivity contribution in [3.8, 4) is 0 Å². The molecule has 0 aliphatic heterocycles. The third-order valence-electron chi connectivity index (χ3n) is 1.73. The van der Waals surface area contributed by atoms with E-state index < -0.39 is 18.5 Å². The minimum absolute atomic E-state index is 0.0205. The molecule has 14 heavy (non-hydrogen) atoms. The Hall–Kier alpha value is -1.08.